The van der Waals surface area contributed by atoms with Gasteiger partial charge in [-0.15, -0.1) is 0 Å². The molecule has 2 aromatic rings. The molecule has 0 radical (unpaired) electrons. The fourth-order valence-electron chi connectivity index (χ4n) is 2.80. The smallest absolute Gasteiger partial charge is 0.206 e. The first-order chi connectivity index (χ1) is 9.70. The average molecular weight is 278 g/mol. The molecule has 1 aliphatic rings. The number of imidazole rings is 1. The summed E-state index contributed by atoms with van der Waals surface area (Å²) in [7, 11) is 1.86. The Kier molecular flexibility index (Phi) is 3.58. The van der Waals surface area contributed by atoms with Gasteiger partial charge in [-0.05, 0) is 12.1 Å². The maximum absolute atomic E-state index is 13.9. The molecule has 2 heterocycles. The van der Waals surface area contributed by atoms with Gasteiger partial charge < -0.3 is 14.6 Å². The molecule has 0 bridgehead atoms. The number of β-amino-alcohol motifs (C(OH)–C–C–N with tert-alkyl or cyclic N) is 1. The first-order valence-electron chi connectivity index (χ1n) is 6.90. The number of aliphatic hydroxyl groups excluding tert-OH is 1. The lowest BCUT2D eigenvalue weighted by molar-refractivity contribution is 0.188. The predicted octanol–water partition coefficient (Wildman–Crippen LogP) is 0.827. The van der Waals surface area contributed by atoms with E-state index in [1.165, 1.54) is 6.07 Å². The second kappa shape index (κ2) is 5.38. The van der Waals surface area contributed by atoms with Crippen LogP contribution in [0.2, 0.25) is 0 Å². The van der Waals surface area contributed by atoms with Gasteiger partial charge in [0, 0.05) is 39.8 Å². The van der Waals surface area contributed by atoms with Gasteiger partial charge in [-0.2, -0.15) is 0 Å². The zero-order valence-corrected chi connectivity index (χ0v) is 11.6. The quantitative estimate of drug-likeness (QED) is 0.903. The summed E-state index contributed by atoms with van der Waals surface area (Å²) in [6.45, 7) is 4.39. The number of piperazine rings is 1. The van der Waals surface area contributed by atoms with E-state index in [1.54, 1.807) is 6.07 Å². The first kappa shape index (κ1) is 13.3. The van der Waals surface area contributed by atoms with Gasteiger partial charge in [0.15, 0.2) is 0 Å². The van der Waals surface area contributed by atoms with E-state index in [0.29, 0.717) is 17.6 Å². The molecule has 0 aliphatic carbocycles. The standard InChI is InChI=1S/C14H19FN4O/c1-17-13-11(15)3-2-4-12(13)16-14(17)19-7-5-18(6-8-19)9-10-20/h2-4,20H,5-10H2,1H3. The molecular weight excluding hydrogens is 259 g/mol. The molecule has 108 valence electrons. The maximum Gasteiger partial charge on any atom is 0.206 e. The van der Waals surface area contributed by atoms with Crippen molar-refractivity contribution in [2.75, 3.05) is 44.2 Å². The van der Waals surface area contributed by atoms with Crippen LogP contribution in [0.15, 0.2) is 18.2 Å². The third kappa shape index (κ3) is 2.25. The van der Waals surface area contributed by atoms with E-state index in [-0.39, 0.29) is 12.4 Å². The number of aryl methyl sites for hydroxylation is 1. The lowest BCUT2D eigenvalue weighted by Gasteiger charge is -2.34. The van der Waals surface area contributed by atoms with E-state index in [1.807, 2.05) is 17.7 Å². The van der Waals surface area contributed by atoms with Crippen LogP contribution in [0, 0.1) is 5.82 Å². The van der Waals surface area contributed by atoms with Gasteiger partial charge in [-0.3, -0.25) is 4.90 Å². The molecule has 5 nitrogen and oxygen atoms in total. The number of aromatic nitrogens is 2. The molecule has 1 N–H and O–H groups in total. The van der Waals surface area contributed by atoms with E-state index >= 15 is 0 Å². The van der Waals surface area contributed by atoms with E-state index < -0.39 is 0 Å². The third-order valence-corrected chi connectivity index (χ3v) is 3.89. The number of nitrogens with zero attached hydrogens (tertiary/aromatic N) is 4. The number of hydrogen-bond acceptors (Lipinski definition) is 4. The third-order valence-electron chi connectivity index (χ3n) is 3.89. The summed E-state index contributed by atoms with van der Waals surface area (Å²) in [6.07, 6.45) is 0. The normalized spacial score (nSPS) is 17.1. The molecule has 1 fully saturated rings. The van der Waals surface area contributed by atoms with E-state index in [4.69, 9.17) is 5.11 Å². The summed E-state index contributed by atoms with van der Waals surface area (Å²) in [4.78, 5) is 8.94. The van der Waals surface area contributed by atoms with Gasteiger partial charge in [0.25, 0.3) is 0 Å². The van der Waals surface area contributed by atoms with Crippen molar-refractivity contribution in [3.63, 3.8) is 0 Å². The number of halogens is 1. The SMILES string of the molecule is Cn1c(N2CCN(CCO)CC2)nc2cccc(F)c21. The molecule has 0 amide bonds. The van der Waals surface area contributed by atoms with E-state index in [0.717, 1.165) is 32.1 Å². The van der Waals surface area contributed by atoms with Crippen molar-refractivity contribution >= 4 is 17.0 Å². The Hall–Kier alpha value is -1.66. The predicted molar refractivity (Wildman–Crippen MR) is 76.4 cm³/mol. The molecule has 1 aromatic heterocycles. The highest BCUT2D eigenvalue weighted by Crippen LogP contribution is 2.24. The molecule has 6 heteroatoms. The Morgan fingerprint density at radius 2 is 2.00 bits per heavy atom. The van der Waals surface area contributed by atoms with Crippen LogP contribution in [0.4, 0.5) is 10.3 Å². The van der Waals surface area contributed by atoms with Crippen LogP contribution in [-0.2, 0) is 7.05 Å². The number of hydrogen-bond donors (Lipinski definition) is 1. The van der Waals surface area contributed by atoms with Crippen molar-refractivity contribution in [3.05, 3.63) is 24.0 Å². The minimum absolute atomic E-state index is 0.192. The molecule has 0 atom stereocenters. The molecule has 0 unspecified atom stereocenters. The van der Waals surface area contributed by atoms with Crippen molar-refractivity contribution < 1.29 is 9.50 Å². The first-order valence-corrected chi connectivity index (χ1v) is 6.90. The summed E-state index contributed by atoms with van der Waals surface area (Å²) >= 11 is 0. The molecule has 0 spiro atoms. The highest BCUT2D eigenvalue weighted by atomic mass is 19.1. The van der Waals surface area contributed by atoms with Gasteiger partial charge in [0.2, 0.25) is 5.95 Å². The number of aliphatic hydroxyl groups is 1. The maximum atomic E-state index is 13.9. The number of anilines is 1. The highest BCUT2D eigenvalue weighted by molar-refractivity contribution is 5.79. The minimum atomic E-state index is -0.234. The average Bonchev–Trinajstić information content (AvgIpc) is 2.79. The Morgan fingerprint density at radius 1 is 1.25 bits per heavy atom. The molecule has 1 saturated heterocycles. The topological polar surface area (TPSA) is 44.5 Å². The lowest BCUT2D eigenvalue weighted by atomic mass is 10.3. The fourth-order valence-corrected chi connectivity index (χ4v) is 2.80. The Morgan fingerprint density at radius 3 is 2.65 bits per heavy atom. The van der Waals surface area contributed by atoms with Crippen LogP contribution in [0.1, 0.15) is 0 Å². The van der Waals surface area contributed by atoms with Crippen molar-refractivity contribution in [3.8, 4) is 0 Å². The van der Waals surface area contributed by atoms with Gasteiger partial charge >= 0.3 is 0 Å². The summed E-state index contributed by atoms with van der Waals surface area (Å²) in [6, 6.07) is 4.99. The molecule has 0 saturated carbocycles. The zero-order valence-electron chi connectivity index (χ0n) is 11.6. The van der Waals surface area contributed by atoms with Gasteiger partial charge in [0.05, 0.1) is 12.1 Å². The number of rotatable bonds is 3. The zero-order chi connectivity index (χ0) is 14.1. The van der Waals surface area contributed by atoms with Gasteiger partial charge in [-0.25, -0.2) is 9.37 Å². The Bertz CT molecular complexity index is 604. The summed E-state index contributed by atoms with van der Waals surface area (Å²) in [5.41, 5.74) is 1.25. The Balaban J connectivity index is 1.85. The van der Waals surface area contributed by atoms with Crippen LogP contribution < -0.4 is 4.90 Å². The van der Waals surface area contributed by atoms with E-state index in [9.17, 15) is 4.39 Å². The molecule has 3 rings (SSSR count). The largest absolute Gasteiger partial charge is 0.395 e. The van der Waals surface area contributed by atoms with Crippen molar-refractivity contribution in [2.45, 2.75) is 0 Å². The molecular formula is C14H19FN4O. The number of benzene rings is 1. The second-order valence-electron chi connectivity index (χ2n) is 5.13. The monoisotopic (exact) mass is 278 g/mol. The van der Waals surface area contributed by atoms with Crippen LogP contribution in [0.3, 0.4) is 0 Å². The van der Waals surface area contributed by atoms with Crippen LogP contribution in [-0.4, -0.2) is 58.9 Å². The number of para-hydroxylation sites is 1. The summed E-state index contributed by atoms with van der Waals surface area (Å²) in [5, 5.41) is 8.96. The Labute approximate surface area is 117 Å². The van der Waals surface area contributed by atoms with Crippen molar-refractivity contribution in [1.82, 2.24) is 14.5 Å². The lowest BCUT2D eigenvalue weighted by Crippen LogP contribution is -2.47. The van der Waals surface area contributed by atoms with Crippen LogP contribution in [0.25, 0.3) is 11.0 Å². The van der Waals surface area contributed by atoms with E-state index in [2.05, 4.69) is 14.8 Å². The van der Waals surface area contributed by atoms with Crippen LogP contribution in [0.5, 0.6) is 0 Å². The van der Waals surface area contributed by atoms with Crippen molar-refractivity contribution in [1.29, 1.82) is 0 Å². The minimum Gasteiger partial charge on any atom is -0.395 e. The molecule has 1 aromatic carbocycles. The van der Waals surface area contributed by atoms with Gasteiger partial charge in [-0.1, -0.05) is 6.07 Å². The number of fused-ring (bicyclic) bond motifs is 1. The molecule has 1 aliphatic heterocycles. The highest BCUT2D eigenvalue weighted by Gasteiger charge is 2.21. The summed E-state index contributed by atoms with van der Waals surface area (Å²) in [5.74, 6) is 0.580. The van der Waals surface area contributed by atoms with Crippen molar-refractivity contribution in [2.24, 2.45) is 7.05 Å². The summed E-state index contributed by atoms with van der Waals surface area (Å²) < 4.78 is 15.7. The fraction of sp³-hybridized carbons (Fsp3) is 0.500. The molecule has 20 heavy (non-hydrogen) atoms. The second-order valence-corrected chi connectivity index (χ2v) is 5.13. The van der Waals surface area contributed by atoms with Crippen LogP contribution >= 0.6 is 0 Å². The van der Waals surface area contributed by atoms with Gasteiger partial charge in [0.1, 0.15) is 11.3 Å².